The molecule has 1 aromatic carbocycles. The molecule has 0 fully saturated rings. The molecule has 0 unspecified atom stereocenters. The molecule has 118 valence electrons. The van der Waals surface area contributed by atoms with Crippen molar-refractivity contribution in [3.8, 4) is 6.01 Å². The van der Waals surface area contributed by atoms with Crippen molar-refractivity contribution in [1.82, 2.24) is 19.9 Å². The fourth-order valence-electron chi connectivity index (χ4n) is 2.10. The Morgan fingerprint density at radius 2 is 2.00 bits per heavy atom. The largest absolute Gasteiger partial charge is 0.453 e. The maximum absolute atomic E-state index is 12.8. The summed E-state index contributed by atoms with van der Waals surface area (Å²) in [6, 6.07) is 11.9. The third kappa shape index (κ3) is 3.82. The van der Waals surface area contributed by atoms with Crippen LogP contribution in [0.5, 0.6) is 6.01 Å². The first kappa shape index (κ1) is 15.0. The van der Waals surface area contributed by atoms with Crippen LogP contribution >= 0.6 is 0 Å². The molecular weight excluding hydrogens is 299 g/mol. The summed E-state index contributed by atoms with van der Waals surface area (Å²) >= 11 is 0. The van der Waals surface area contributed by atoms with Crippen molar-refractivity contribution in [3.63, 3.8) is 0 Å². The Balaban J connectivity index is 1.45. The second-order valence-electron chi connectivity index (χ2n) is 4.93. The highest BCUT2D eigenvalue weighted by Gasteiger charge is 2.08. The van der Waals surface area contributed by atoms with Crippen LogP contribution in [-0.2, 0) is 11.2 Å². The summed E-state index contributed by atoms with van der Waals surface area (Å²) in [5.74, 6) is -0.522. The zero-order chi connectivity index (χ0) is 16.1. The molecule has 0 saturated carbocycles. The van der Waals surface area contributed by atoms with E-state index in [0.717, 1.165) is 5.56 Å². The molecule has 7 heteroatoms. The zero-order valence-corrected chi connectivity index (χ0v) is 12.3. The van der Waals surface area contributed by atoms with Gasteiger partial charge in [-0.2, -0.15) is 0 Å². The third-order valence-electron chi connectivity index (χ3n) is 3.26. The highest BCUT2D eigenvalue weighted by molar-refractivity contribution is 5.77. The molecule has 6 nitrogen and oxygen atoms in total. The number of benzene rings is 1. The van der Waals surface area contributed by atoms with Crippen LogP contribution in [0.15, 0.2) is 48.7 Å². The Kier molecular flexibility index (Phi) is 4.46. The maximum Gasteiger partial charge on any atom is 0.322 e. The Morgan fingerprint density at radius 3 is 2.83 bits per heavy atom. The molecule has 23 heavy (non-hydrogen) atoms. The molecular formula is C16H15FN4O2. The Bertz CT molecular complexity index is 801. The van der Waals surface area contributed by atoms with E-state index >= 15 is 0 Å². The van der Waals surface area contributed by atoms with Crippen molar-refractivity contribution in [3.05, 3.63) is 60.0 Å². The Labute approximate surface area is 131 Å². The second kappa shape index (κ2) is 6.87. The first-order valence-electron chi connectivity index (χ1n) is 7.16. The SMILES string of the molecule is O=C(COc1nnc2ccccn12)NCCc1ccc(F)cc1. The molecule has 0 atom stereocenters. The van der Waals surface area contributed by atoms with Crippen LogP contribution < -0.4 is 10.1 Å². The van der Waals surface area contributed by atoms with Gasteiger partial charge in [0.25, 0.3) is 5.91 Å². The minimum absolute atomic E-state index is 0.140. The number of carbonyl (C=O) groups excluding carboxylic acids is 1. The number of nitrogens with zero attached hydrogens (tertiary/aromatic N) is 3. The monoisotopic (exact) mass is 314 g/mol. The van der Waals surface area contributed by atoms with Crippen molar-refractivity contribution in [1.29, 1.82) is 0 Å². The minimum Gasteiger partial charge on any atom is -0.453 e. The van der Waals surface area contributed by atoms with E-state index in [2.05, 4.69) is 15.5 Å². The van der Waals surface area contributed by atoms with Gasteiger partial charge in [-0.15, -0.1) is 5.10 Å². The fraction of sp³-hybridized carbons (Fsp3) is 0.188. The van der Waals surface area contributed by atoms with Crippen LogP contribution in [-0.4, -0.2) is 33.7 Å². The molecule has 0 bridgehead atoms. The zero-order valence-electron chi connectivity index (χ0n) is 12.3. The van der Waals surface area contributed by atoms with E-state index in [1.165, 1.54) is 12.1 Å². The highest BCUT2D eigenvalue weighted by atomic mass is 19.1. The maximum atomic E-state index is 12.8. The van der Waals surface area contributed by atoms with Gasteiger partial charge in [0.1, 0.15) is 5.82 Å². The second-order valence-corrected chi connectivity index (χ2v) is 4.93. The van der Waals surface area contributed by atoms with Gasteiger partial charge in [-0.3, -0.25) is 9.20 Å². The summed E-state index contributed by atoms with van der Waals surface area (Å²) in [5, 5.41) is 10.6. The van der Waals surface area contributed by atoms with E-state index in [1.807, 2.05) is 12.1 Å². The number of hydrogen-bond donors (Lipinski definition) is 1. The number of carbonyl (C=O) groups is 1. The normalized spacial score (nSPS) is 10.7. The Morgan fingerprint density at radius 1 is 1.17 bits per heavy atom. The molecule has 3 rings (SSSR count). The van der Waals surface area contributed by atoms with Gasteiger partial charge in [0.2, 0.25) is 0 Å². The fourth-order valence-corrected chi connectivity index (χ4v) is 2.10. The predicted octanol–water partition coefficient (Wildman–Crippen LogP) is 1.61. The average Bonchev–Trinajstić information content (AvgIpc) is 2.98. The predicted molar refractivity (Wildman–Crippen MR) is 81.6 cm³/mol. The van der Waals surface area contributed by atoms with Crippen LogP contribution in [0.25, 0.3) is 5.65 Å². The highest BCUT2D eigenvalue weighted by Crippen LogP contribution is 2.09. The van der Waals surface area contributed by atoms with Crippen LogP contribution in [0.2, 0.25) is 0 Å². The first-order valence-corrected chi connectivity index (χ1v) is 7.16. The molecule has 1 amide bonds. The lowest BCUT2D eigenvalue weighted by atomic mass is 10.1. The standard InChI is InChI=1S/C16H15FN4O2/c17-13-6-4-12(5-7-13)8-9-18-15(22)11-23-16-20-19-14-3-1-2-10-21(14)16/h1-7,10H,8-9,11H2,(H,18,22). The van der Waals surface area contributed by atoms with Gasteiger partial charge in [0.05, 0.1) is 0 Å². The number of amides is 1. The summed E-state index contributed by atoms with van der Waals surface area (Å²) in [7, 11) is 0. The lowest BCUT2D eigenvalue weighted by molar-refractivity contribution is -0.123. The topological polar surface area (TPSA) is 68.5 Å². The van der Waals surface area contributed by atoms with Gasteiger partial charge in [-0.25, -0.2) is 4.39 Å². The molecule has 3 aromatic rings. The van der Waals surface area contributed by atoms with Crippen LogP contribution in [0.4, 0.5) is 4.39 Å². The van der Waals surface area contributed by atoms with Crippen molar-refractivity contribution < 1.29 is 13.9 Å². The quantitative estimate of drug-likeness (QED) is 0.750. The van der Waals surface area contributed by atoms with Crippen molar-refractivity contribution >= 4 is 11.6 Å². The van der Waals surface area contributed by atoms with Gasteiger partial charge in [-0.05, 0) is 36.2 Å². The van der Waals surface area contributed by atoms with E-state index < -0.39 is 0 Å². The molecule has 0 radical (unpaired) electrons. The van der Waals surface area contributed by atoms with E-state index in [4.69, 9.17) is 4.74 Å². The van der Waals surface area contributed by atoms with Crippen LogP contribution in [0, 0.1) is 5.82 Å². The summed E-state index contributed by atoms with van der Waals surface area (Å²) in [6.45, 7) is 0.313. The van der Waals surface area contributed by atoms with Gasteiger partial charge in [0, 0.05) is 12.7 Å². The number of nitrogens with one attached hydrogen (secondary N) is 1. The molecule has 0 aliphatic heterocycles. The minimum atomic E-state index is -0.272. The molecule has 0 saturated heterocycles. The van der Waals surface area contributed by atoms with Crippen molar-refractivity contribution in [2.24, 2.45) is 0 Å². The first-order chi connectivity index (χ1) is 11.2. The molecule has 0 aliphatic carbocycles. The summed E-state index contributed by atoms with van der Waals surface area (Å²) in [4.78, 5) is 11.8. The van der Waals surface area contributed by atoms with Crippen LogP contribution in [0.3, 0.4) is 0 Å². The lowest BCUT2D eigenvalue weighted by Gasteiger charge is -2.06. The third-order valence-corrected chi connectivity index (χ3v) is 3.26. The lowest BCUT2D eigenvalue weighted by Crippen LogP contribution is -2.30. The smallest absolute Gasteiger partial charge is 0.322 e. The number of pyridine rings is 1. The van der Waals surface area contributed by atoms with Gasteiger partial charge in [0.15, 0.2) is 12.3 Å². The summed E-state index contributed by atoms with van der Waals surface area (Å²) in [5.41, 5.74) is 1.61. The summed E-state index contributed by atoms with van der Waals surface area (Å²) < 4.78 is 19.8. The number of halogens is 1. The average molecular weight is 314 g/mol. The van der Waals surface area contributed by atoms with Crippen molar-refractivity contribution in [2.75, 3.05) is 13.2 Å². The van der Waals surface area contributed by atoms with Gasteiger partial charge in [-0.1, -0.05) is 23.3 Å². The van der Waals surface area contributed by atoms with E-state index in [1.54, 1.807) is 28.8 Å². The van der Waals surface area contributed by atoms with Crippen molar-refractivity contribution in [2.45, 2.75) is 6.42 Å². The molecule has 0 aliphatic rings. The van der Waals surface area contributed by atoms with Gasteiger partial charge >= 0.3 is 6.01 Å². The summed E-state index contributed by atoms with van der Waals surface area (Å²) in [6.07, 6.45) is 2.39. The Hall–Kier alpha value is -2.96. The molecule has 2 heterocycles. The van der Waals surface area contributed by atoms with E-state index in [-0.39, 0.29) is 24.3 Å². The van der Waals surface area contributed by atoms with E-state index in [0.29, 0.717) is 18.6 Å². The number of aromatic nitrogens is 3. The van der Waals surface area contributed by atoms with E-state index in [9.17, 15) is 9.18 Å². The number of fused-ring (bicyclic) bond motifs is 1. The molecule has 0 spiro atoms. The number of hydrogen-bond acceptors (Lipinski definition) is 4. The number of rotatable bonds is 6. The van der Waals surface area contributed by atoms with Crippen LogP contribution in [0.1, 0.15) is 5.56 Å². The van der Waals surface area contributed by atoms with Gasteiger partial charge < -0.3 is 10.1 Å². The molecule has 1 N–H and O–H groups in total. The number of ether oxygens (including phenoxy) is 1. The molecule has 2 aromatic heterocycles.